The van der Waals surface area contributed by atoms with Crippen molar-refractivity contribution in [2.75, 3.05) is 6.54 Å². The number of hydrogen-bond acceptors (Lipinski definition) is 3. The number of benzene rings is 1. The molecule has 4 nitrogen and oxygen atoms in total. The van der Waals surface area contributed by atoms with E-state index in [1.807, 2.05) is 6.92 Å². The second-order valence-electron chi connectivity index (χ2n) is 5.01. The van der Waals surface area contributed by atoms with Gasteiger partial charge in [-0.15, -0.1) is 0 Å². The number of amides is 1. The molecule has 1 aliphatic rings. The van der Waals surface area contributed by atoms with Crippen molar-refractivity contribution in [1.29, 1.82) is 0 Å². The van der Waals surface area contributed by atoms with Crippen LogP contribution in [0.1, 0.15) is 35.7 Å². The highest BCUT2D eigenvalue weighted by atomic mass is 35.7. The Balaban J connectivity index is 2.48. The van der Waals surface area contributed by atoms with E-state index in [9.17, 15) is 17.6 Å². The molecule has 0 spiro atoms. The lowest BCUT2D eigenvalue weighted by Crippen LogP contribution is -2.33. The van der Waals surface area contributed by atoms with E-state index in [4.69, 9.17) is 10.7 Å². The lowest BCUT2D eigenvalue weighted by atomic mass is 10.1. The molecule has 0 saturated carbocycles. The van der Waals surface area contributed by atoms with Gasteiger partial charge in [0.2, 0.25) is 0 Å². The zero-order valence-electron chi connectivity index (χ0n) is 11.2. The molecule has 1 saturated heterocycles. The van der Waals surface area contributed by atoms with Crippen LogP contribution < -0.4 is 0 Å². The molecule has 1 amide bonds. The fourth-order valence-corrected chi connectivity index (χ4v) is 3.64. The minimum atomic E-state index is -4.09. The van der Waals surface area contributed by atoms with Gasteiger partial charge in [-0.3, -0.25) is 4.79 Å². The van der Waals surface area contributed by atoms with Crippen LogP contribution in [-0.2, 0) is 9.05 Å². The zero-order chi connectivity index (χ0) is 15.1. The van der Waals surface area contributed by atoms with Gasteiger partial charge in [-0.2, -0.15) is 0 Å². The van der Waals surface area contributed by atoms with Gasteiger partial charge in [-0.05, 0) is 38.8 Å². The predicted octanol–water partition coefficient (Wildman–Crippen LogP) is 2.69. The number of carbonyl (C=O) groups is 1. The molecule has 1 unspecified atom stereocenters. The van der Waals surface area contributed by atoms with Gasteiger partial charge in [-0.25, -0.2) is 12.8 Å². The van der Waals surface area contributed by atoms with Gasteiger partial charge >= 0.3 is 0 Å². The molecule has 20 heavy (non-hydrogen) atoms. The summed E-state index contributed by atoms with van der Waals surface area (Å²) in [5.74, 6) is -1.11. The van der Waals surface area contributed by atoms with Gasteiger partial charge in [0.05, 0.1) is 4.90 Å². The van der Waals surface area contributed by atoms with Crippen LogP contribution in [0, 0.1) is 12.7 Å². The van der Waals surface area contributed by atoms with Gasteiger partial charge in [0, 0.05) is 34.4 Å². The van der Waals surface area contributed by atoms with E-state index < -0.39 is 14.9 Å². The van der Waals surface area contributed by atoms with Crippen LogP contribution >= 0.6 is 10.7 Å². The molecule has 1 heterocycles. The molecule has 0 N–H and O–H groups in total. The largest absolute Gasteiger partial charge is 0.336 e. The van der Waals surface area contributed by atoms with Gasteiger partial charge in [0.25, 0.3) is 15.0 Å². The van der Waals surface area contributed by atoms with Crippen molar-refractivity contribution in [2.45, 2.75) is 37.6 Å². The van der Waals surface area contributed by atoms with Crippen molar-refractivity contribution in [2.24, 2.45) is 0 Å². The smallest absolute Gasteiger partial charge is 0.261 e. The Morgan fingerprint density at radius 3 is 2.60 bits per heavy atom. The summed E-state index contributed by atoms with van der Waals surface area (Å²) in [6, 6.07) is 2.28. The first kappa shape index (κ1) is 15.3. The molecule has 110 valence electrons. The van der Waals surface area contributed by atoms with Gasteiger partial charge in [0.1, 0.15) is 5.82 Å². The Bertz CT molecular complexity index is 660. The number of rotatable bonds is 2. The summed E-state index contributed by atoms with van der Waals surface area (Å²) in [4.78, 5) is 13.6. The van der Waals surface area contributed by atoms with E-state index in [1.165, 1.54) is 6.92 Å². The average Bonchev–Trinajstić information content (AvgIpc) is 2.76. The van der Waals surface area contributed by atoms with Crippen molar-refractivity contribution >= 4 is 25.6 Å². The molecule has 0 bridgehead atoms. The highest BCUT2D eigenvalue weighted by molar-refractivity contribution is 8.13. The fraction of sp³-hybridized carbons (Fsp3) is 0.462. The lowest BCUT2D eigenvalue weighted by molar-refractivity contribution is 0.0746. The van der Waals surface area contributed by atoms with Gasteiger partial charge in [0.15, 0.2) is 0 Å². The highest BCUT2D eigenvalue weighted by Gasteiger charge is 2.28. The summed E-state index contributed by atoms with van der Waals surface area (Å²) in [6.45, 7) is 3.82. The molecular weight excluding hydrogens is 305 g/mol. The van der Waals surface area contributed by atoms with Crippen LogP contribution in [0.2, 0.25) is 0 Å². The summed E-state index contributed by atoms with van der Waals surface area (Å²) in [6.07, 6.45) is 1.78. The third-order valence-electron chi connectivity index (χ3n) is 3.62. The van der Waals surface area contributed by atoms with E-state index in [0.717, 1.165) is 25.0 Å². The first-order chi connectivity index (χ1) is 9.21. The third kappa shape index (κ3) is 2.81. The van der Waals surface area contributed by atoms with Gasteiger partial charge in [-0.1, -0.05) is 0 Å². The highest BCUT2D eigenvalue weighted by Crippen LogP contribution is 2.26. The molecule has 1 aromatic rings. The Labute approximate surface area is 121 Å². The van der Waals surface area contributed by atoms with Crippen molar-refractivity contribution in [3.05, 3.63) is 29.1 Å². The van der Waals surface area contributed by atoms with E-state index in [0.29, 0.717) is 6.54 Å². The minimum absolute atomic E-state index is 0.0149. The van der Waals surface area contributed by atoms with Crippen molar-refractivity contribution in [3.63, 3.8) is 0 Å². The maximum absolute atomic E-state index is 13.8. The fourth-order valence-electron chi connectivity index (χ4n) is 2.43. The number of nitrogens with zero attached hydrogens (tertiary/aromatic N) is 1. The molecule has 7 heteroatoms. The Kier molecular flexibility index (Phi) is 4.07. The van der Waals surface area contributed by atoms with E-state index in [2.05, 4.69) is 0 Å². The van der Waals surface area contributed by atoms with Crippen LogP contribution in [0.5, 0.6) is 0 Å². The molecule has 0 aromatic heterocycles. The summed E-state index contributed by atoms with van der Waals surface area (Å²) < 4.78 is 36.7. The third-order valence-corrected chi connectivity index (χ3v) is 5.07. The maximum Gasteiger partial charge on any atom is 0.261 e. The molecule has 1 aromatic carbocycles. The quantitative estimate of drug-likeness (QED) is 0.788. The number of likely N-dealkylation sites (tertiary alicyclic amines) is 1. The topological polar surface area (TPSA) is 54.5 Å². The first-order valence-corrected chi connectivity index (χ1v) is 8.58. The zero-order valence-corrected chi connectivity index (χ0v) is 12.8. The van der Waals surface area contributed by atoms with E-state index >= 15 is 0 Å². The van der Waals surface area contributed by atoms with Crippen LogP contribution in [0.3, 0.4) is 0 Å². The van der Waals surface area contributed by atoms with Crippen LogP contribution in [0.15, 0.2) is 17.0 Å². The molecule has 1 aliphatic heterocycles. The average molecular weight is 320 g/mol. The Morgan fingerprint density at radius 2 is 2.10 bits per heavy atom. The monoisotopic (exact) mass is 319 g/mol. The molecule has 0 aliphatic carbocycles. The van der Waals surface area contributed by atoms with Crippen molar-refractivity contribution in [3.8, 4) is 0 Å². The second-order valence-corrected chi connectivity index (χ2v) is 7.54. The normalized spacial score (nSPS) is 19.4. The first-order valence-electron chi connectivity index (χ1n) is 6.27. The van der Waals surface area contributed by atoms with Crippen LogP contribution in [0.4, 0.5) is 4.39 Å². The predicted molar refractivity (Wildman–Crippen MR) is 73.9 cm³/mol. The number of halogens is 2. The molecular formula is C13H15ClFNO3S. The standard InChI is InChI=1S/C13H15ClFNO3S/c1-8-4-3-5-16(8)13(17)10-6-11(15)9(2)12(7-10)20(14,18)19/h6-8H,3-5H2,1-2H3. The molecule has 1 fully saturated rings. The SMILES string of the molecule is Cc1c(F)cc(C(=O)N2CCCC2C)cc1S(=O)(=O)Cl. The number of carbonyl (C=O) groups excluding carboxylic acids is 1. The maximum atomic E-state index is 13.8. The lowest BCUT2D eigenvalue weighted by Gasteiger charge is -2.22. The number of hydrogen-bond donors (Lipinski definition) is 0. The van der Waals surface area contributed by atoms with Crippen LogP contribution in [0.25, 0.3) is 0 Å². The molecule has 2 rings (SSSR count). The van der Waals surface area contributed by atoms with E-state index in [-0.39, 0.29) is 28.0 Å². The van der Waals surface area contributed by atoms with Crippen molar-refractivity contribution < 1.29 is 17.6 Å². The van der Waals surface area contributed by atoms with Crippen molar-refractivity contribution in [1.82, 2.24) is 4.90 Å². The summed E-state index contributed by atoms with van der Waals surface area (Å²) in [5.41, 5.74) is -0.0629. The Hall–Kier alpha value is -1.14. The molecule has 1 atom stereocenters. The Morgan fingerprint density at radius 1 is 1.45 bits per heavy atom. The van der Waals surface area contributed by atoms with E-state index in [1.54, 1.807) is 4.90 Å². The summed E-state index contributed by atoms with van der Waals surface area (Å²) >= 11 is 0. The summed E-state index contributed by atoms with van der Waals surface area (Å²) in [7, 11) is 1.19. The summed E-state index contributed by atoms with van der Waals surface area (Å²) in [5, 5.41) is 0. The molecule has 0 radical (unpaired) electrons. The second kappa shape index (κ2) is 5.33. The van der Waals surface area contributed by atoms with Gasteiger partial charge < -0.3 is 4.90 Å². The van der Waals surface area contributed by atoms with Crippen LogP contribution in [-0.4, -0.2) is 31.8 Å². The minimum Gasteiger partial charge on any atom is -0.336 e.